The SMILES string of the molecule is CCO[C@@]1(c2ccccc2)C[C@H]1C(=O)N/N=C\c1ccc(C)o1. The minimum Gasteiger partial charge on any atom is -0.460 e. The monoisotopic (exact) mass is 312 g/mol. The number of hydrazone groups is 1. The molecule has 2 atom stereocenters. The summed E-state index contributed by atoms with van der Waals surface area (Å²) in [5.41, 5.74) is 3.09. The largest absolute Gasteiger partial charge is 0.460 e. The summed E-state index contributed by atoms with van der Waals surface area (Å²) in [6, 6.07) is 13.5. The van der Waals surface area contributed by atoms with E-state index in [-0.39, 0.29) is 11.8 Å². The summed E-state index contributed by atoms with van der Waals surface area (Å²) in [6.07, 6.45) is 2.17. The molecule has 1 fully saturated rings. The van der Waals surface area contributed by atoms with Gasteiger partial charge in [0.1, 0.15) is 17.1 Å². The van der Waals surface area contributed by atoms with Crippen LogP contribution in [0.1, 0.15) is 30.4 Å². The smallest absolute Gasteiger partial charge is 0.246 e. The third-order valence-electron chi connectivity index (χ3n) is 4.02. The zero-order chi connectivity index (χ0) is 16.3. The first-order chi connectivity index (χ1) is 11.2. The van der Waals surface area contributed by atoms with Gasteiger partial charge in [-0.05, 0) is 38.0 Å². The number of benzene rings is 1. The normalized spacial score (nSPS) is 23.1. The number of rotatable bonds is 6. The fraction of sp³-hybridized carbons (Fsp3) is 0.333. The predicted molar refractivity (Wildman–Crippen MR) is 87.0 cm³/mol. The minimum absolute atomic E-state index is 0.137. The molecule has 0 radical (unpaired) electrons. The highest BCUT2D eigenvalue weighted by molar-refractivity contribution is 5.85. The van der Waals surface area contributed by atoms with Crippen molar-refractivity contribution < 1.29 is 13.9 Å². The first kappa shape index (κ1) is 15.5. The van der Waals surface area contributed by atoms with Crippen LogP contribution in [-0.4, -0.2) is 18.7 Å². The lowest BCUT2D eigenvalue weighted by Gasteiger charge is -2.17. The maximum absolute atomic E-state index is 12.3. The highest BCUT2D eigenvalue weighted by Gasteiger charge is 2.60. The summed E-state index contributed by atoms with van der Waals surface area (Å²) < 4.78 is 11.3. The van der Waals surface area contributed by atoms with Crippen molar-refractivity contribution >= 4 is 12.1 Å². The van der Waals surface area contributed by atoms with Crippen LogP contribution >= 0.6 is 0 Å². The second-order valence-corrected chi connectivity index (χ2v) is 5.63. The van der Waals surface area contributed by atoms with Crippen LogP contribution in [0.15, 0.2) is 52.0 Å². The van der Waals surface area contributed by atoms with Crippen LogP contribution in [0, 0.1) is 12.8 Å². The van der Waals surface area contributed by atoms with Crippen LogP contribution < -0.4 is 5.43 Å². The lowest BCUT2D eigenvalue weighted by atomic mass is 10.1. The van der Waals surface area contributed by atoms with Crippen molar-refractivity contribution in [2.45, 2.75) is 25.9 Å². The Morgan fingerprint density at radius 3 is 2.83 bits per heavy atom. The van der Waals surface area contributed by atoms with Gasteiger partial charge >= 0.3 is 0 Å². The Balaban J connectivity index is 1.65. The second-order valence-electron chi connectivity index (χ2n) is 5.63. The fourth-order valence-corrected chi connectivity index (χ4v) is 2.85. The van der Waals surface area contributed by atoms with E-state index < -0.39 is 5.60 Å². The summed E-state index contributed by atoms with van der Waals surface area (Å²) in [6.45, 7) is 4.36. The molecule has 1 N–H and O–H groups in total. The molecule has 0 spiro atoms. The predicted octanol–water partition coefficient (Wildman–Crippen LogP) is 2.99. The molecule has 0 bridgehead atoms. The van der Waals surface area contributed by atoms with Crippen LogP contribution in [0.25, 0.3) is 0 Å². The van der Waals surface area contributed by atoms with Gasteiger partial charge in [0.25, 0.3) is 0 Å². The molecule has 23 heavy (non-hydrogen) atoms. The van der Waals surface area contributed by atoms with Gasteiger partial charge in [0.2, 0.25) is 5.91 Å². The summed E-state index contributed by atoms with van der Waals surface area (Å²) in [7, 11) is 0. The van der Waals surface area contributed by atoms with Crippen molar-refractivity contribution in [2.24, 2.45) is 11.0 Å². The molecule has 1 heterocycles. The van der Waals surface area contributed by atoms with E-state index >= 15 is 0 Å². The average molecular weight is 312 g/mol. The molecule has 1 aliphatic rings. The van der Waals surface area contributed by atoms with Crippen molar-refractivity contribution in [3.63, 3.8) is 0 Å². The Morgan fingerprint density at radius 1 is 1.39 bits per heavy atom. The maximum Gasteiger partial charge on any atom is 0.246 e. The number of nitrogens with one attached hydrogen (secondary N) is 1. The summed E-state index contributed by atoms with van der Waals surface area (Å²) in [5.74, 6) is 1.05. The number of hydrogen-bond acceptors (Lipinski definition) is 4. The summed E-state index contributed by atoms with van der Waals surface area (Å²) in [5, 5.41) is 3.96. The number of carbonyl (C=O) groups excluding carboxylic acids is 1. The first-order valence-corrected chi connectivity index (χ1v) is 7.74. The molecule has 1 amide bonds. The number of amides is 1. The van der Waals surface area contributed by atoms with E-state index in [1.54, 1.807) is 6.07 Å². The van der Waals surface area contributed by atoms with Gasteiger partial charge in [0, 0.05) is 6.61 Å². The topological polar surface area (TPSA) is 63.8 Å². The molecule has 1 aromatic carbocycles. The molecular weight excluding hydrogens is 292 g/mol. The van der Waals surface area contributed by atoms with Crippen LogP contribution in [0.3, 0.4) is 0 Å². The summed E-state index contributed by atoms with van der Waals surface area (Å²) in [4.78, 5) is 12.3. The van der Waals surface area contributed by atoms with Crippen molar-refractivity contribution in [3.05, 3.63) is 59.5 Å². The van der Waals surface area contributed by atoms with Crippen LogP contribution in [0.2, 0.25) is 0 Å². The quantitative estimate of drug-likeness (QED) is 0.659. The van der Waals surface area contributed by atoms with Gasteiger partial charge < -0.3 is 9.15 Å². The van der Waals surface area contributed by atoms with Gasteiger partial charge in [0.05, 0.1) is 12.1 Å². The third-order valence-corrected chi connectivity index (χ3v) is 4.02. The highest BCUT2D eigenvalue weighted by atomic mass is 16.5. The molecule has 0 aliphatic heterocycles. The van der Waals surface area contributed by atoms with Crippen LogP contribution in [0.5, 0.6) is 0 Å². The molecular formula is C18H20N2O3. The Morgan fingerprint density at radius 2 is 2.17 bits per heavy atom. The van der Waals surface area contributed by atoms with Crippen molar-refractivity contribution in [1.29, 1.82) is 0 Å². The zero-order valence-electron chi connectivity index (χ0n) is 13.3. The van der Waals surface area contributed by atoms with E-state index in [2.05, 4.69) is 10.5 Å². The lowest BCUT2D eigenvalue weighted by Crippen LogP contribution is -2.26. The summed E-state index contributed by atoms with van der Waals surface area (Å²) >= 11 is 0. The molecule has 1 aromatic heterocycles. The number of nitrogens with zero attached hydrogens (tertiary/aromatic N) is 1. The number of ether oxygens (including phenoxy) is 1. The van der Waals surface area contributed by atoms with Gasteiger partial charge in [-0.1, -0.05) is 30.3 Å². The average Bonchev–Trinajstić information content (AvgIpc) is 3.15. The highest BCUT2D eigenvalue weighted by Crippen LogP contribution is 2.55. The van der Waals surface area contributed by atoms with E-state index in [0.717, 1.165) is 11.3 Å². The van der Waals surface area contributed by atoms with Gasteiger partial charge in [0.15, 0.2) is 0 Å². The van der Waals surface area contributed by atoms with Gasteiger partial charge in [-0.2, -0.15) is 5.10 Å². The second kappa shape index (κ2) is 6.38. The van der Waals surface area contributed by atoms with E-state index in [0.29, 0.717) is 18.8 Å². The van der Waals surface area contributed by atoms with Crippen LogP contribution in [-0.2, 0) is 15.1 Å². The van der Waals surface area contributed by atoms with E-state index in [9.17, 15) is 4.79 Å². The molecule has 3 rings (SSSR count). The molecule has 1 aliphatic carbocycles. The maximum atomic E-state index is 12.3. The molecule has 0 saturated heterocycles. The zero-order valence-corrected chi connectivity index (χ0v) is 13.3. The van der Waals surface area contributed by atoms with Crippen LogP contribution in [0.4, 0.5) is 0 Å². The van der Waals surface area contributed by atoms with Gasteiger partial charge in [-0.15, -0.1) is 0 Å². The number of furan rings is 1. The standard InChI is InChI=1S/C18H20N2O3/c1-3-22-18(14-7-5-4-6-8-14)11-16(18)17(21)20-19-12-15-10-9-13(2)23-15/h4-10,12,16H,3,11H2,1-2H3,(H,20,21)/b19-12-/t16-,18+/m0/s1. The van der Waals surface area contributed by atoms with Gasteiger partial charge in [-0.3, -0.25) is 4.79 Å². The Kier molecular flexibility index (Phi) is 4.30. The third kappa shape index (κ3) is 3.19. The van der Waals surface area contributed by atoms with E-state index in [1.165, 1.54) is 6.21 Å². The fourth-order valence-electron chi connectivity index (χ4n) is 2.85. The van der Waals surface area contributed by atoms with E-state index in [1.807, 2.05) is 50.2 Å². The molecule has 1 saturated carbocycles. The Labute approximate surface area is 135 Å². The van der Waals surface area contributed by atoms with Crippen molar-refractivity contribution in [2.75, 3.05) is 6.61 Å². The van der Waals surface area contributed by atoms with Crippen molar-refractivity contribution in [3.8, 4) is 0 Å². The number of carbonyl (C=O) groups is 1. The van der Waals surface area contributed by atoms with Gasteiger partial charge in [-0.25, -0.2) is 5.43 Å². The molecule has 120 valence electrons. The van der Waals surface area contributed by atoms with Crippen molar-refractivity contribution in [1.82, 2.24) is 5.43 Å². The Hall–Kier alpha value is -2.40. The number of hydrogen-bond donors (Lipinski definition) is 1. The van der Waals surface area contributed by atoms with E-state index in [4.69, 9.17) is 9.15 Å². The molecule has 5 heteroatoms. The molecule has 0 unspecified atom stereocenters. The minimum atomic E-state index is -0.517. The first-order valence-electron chi connectivity index (χ1n) is 7.74. The molecule has 5 nitrogen and oxygen atoms in total. The number of aryl methyl sites for hydroxylation is 1. The lowest BCUT2D eigenvalue weighted by molar-refractivity contribution is -0.124. The Bertz CT molecular complexity index is 708. The molecule has 2 aromatic rings.